The van der Waals surface area contributed by atoms with Crippen molar-refractivity contribution in [3.8, 4) is 11.5 Å². The van der Waals surface area contributed by atoms with Gasteiger partial charge in [0.2, 0.25) is 0 Å². The van der Waals surface area contributed by atoms with E-state index >= 15 is 0 Å². The van der Waals surface area contributed by atoms with Crippen LogP contribution in [0.25, 0.3) is 0 Å². The lowest BCUT2D eigenvalue weighted by molar-refractivity contribution is 0.288. The normalized spacial score (nSPS) is 15.6. The van der Waals surface area contributed by atoms with Crippen LogP contribution in [0.3, 0.4) is 0 Å². The molecule has 1 aromatic carbocycles. The fraction of sp³-hybridized carbons (Fsp3) is 0.583. The van der Waals surface area contributed by atoms with Crippen molar-refractivity contribution in [2.45, 2.75) is 57.8 Å². The van der Waals surface area contributed by atoms with Crippen LogP contribution in [0.4, 0.5) is 0 Å². The Hall–Kier alpha value is -1.97. The maximum atomic E-state index is 5.57. The van der Waals surface area contributed by atoms with E-state index in [1.54, 1.807) is 14.2 Å². The molecule has 0 unspecified atom stereocenters. The molecule has 1 aliphatic rings. The number of aromatic nitrogens is 1. The Morgan fingerprint density at radius 2 is 1.81 bits per heavy atom. The Morgan fingerprint density at radius 3 is 2.41 bits per heavy atom. The van der Waals surface area contributed by atoms with Gasteiger partial charge in [0.15, 0.2) is 17.5 Å². The predicted octanol–water partition coefficient (Wildman–Crippen LogP) is 4.54. The van der Waals surface area contributed by atoms with Crippen LogP contribution in [0.5, 0.6) is 11.5 Å². The zero-order valence-electron chi connectivity index (χ0n) is 19.9. The van der Waals surface area contributed by atoms with Crippen LogP contribution < -0.4 is 20.1 Å². The first-order valence-corrected chi connectivity index (χ1v) is 11.1. The topological polar surface area (TPSA) is 80.9 Å². The van der Waals surface area contributed by atoms with Gasteiger partial charge in [-0.2, -0.15) is 0 Å². The highest BCUT2D eigenvalue weighted by Crippen LogP contribution is 2.42. The summed E-state index contributed by atoms with van der Waals surface area (Å²) in [4.78, 5) is 4.43. The summed E-state index contributed by atoms with van der Waals surface area (Å²) in [5.41, 5.74) is 3.47. The fourth-order valence-corrected chi connectivity index (χ4v) is 4.60. The van der Waals surface area contributed by atoms with Crippen LogP contribution in [-0.4, -0.2) is 45.5 Å². The number of halogens is 1. The standard InChI is InChI=1S/C24H36N4O3.HI/c1-17-20(18(2)31-28-17)11-14-26-23(25-3)27-16-24(12-7-6-8-13-24)19-9-10-21(29-4)22(15-19)30-5;/h9-10,15H,6-8,11-14,16H2,1-5H3,(H2,25,26,27);1H. The molecule has 0 radical (unpaired) electrons. The third-order valence-corrected chi connectivity index (χ3v) is 6.47. The van der Waals surface area contributed by atoms with Gasteiger partial charge in [0, 0.05) is 31.1 Å². The lowest BCUT2D eigenvalue weighted by Crippen LogP contribution is -2.47. The molecular weight excluding hydrogens is 519 g/mol. The number of rotatable bonds is 8. The van der Waals surface area contributed by atoms with E-state index in [1.807, 2.05) is 27.0 Å². The molecule has 8 heteroatoms. The van der Waals surface area contributed by atoms with Crippen molar-refractivity contribution in [3.63, 3.8) is 0 Å². The van der Waals surface area contributed by atoms with Gasteiger partial charge in [-0.3, -0.25) is 4.99 Å². The van der Waals surface area contributed by atoms with Crippen molar-refractivity contribution < 1.29 is 14.0 Å². The van der Waals surface area contributed by atoms with E-state index < -0.39 is 0 Å². The summed E-state index contributed by atoms with van der Waals surface area (Å²) in [6.45, 7) is 5.53. The molecule has 1 aromatic heterocycles. The molecule has 7 nitrogen and oxygen atoms in total. The van der Waals surface area contributed by atoms with Crippen LogP contribution >= 0.6 is 24.0 Å². The van der Waals surface area contributed by atoms with Crippen LogP contribution in [0, 0.1) is 13.8 Å². The Kier molecular flexibility index (Phi) is 10.1. The van der Waals surface area contributed by atoms with Crippen LogP contribution in [0.15, 0.2) is 27.7 Å². The molecule has 0 aliphatic heterocycles. The zero-order valence-corrected chi connectivity index (χ0v) is 22.2. The smallest absolute Gasteiger partial charge is 0.191 e. The summed E-state index contributed by atoms with van der Waals surface area (Å²) in [5.74, 6) is 3.25. The average molecular weight is 556 g/mol. The summed E-state index contributed by atoms with van der Waals surface area (Å²) < 4.78 is 16.3. The second-order valence-corrected chi connectivity index (χ2v) is 8.32. The SMILES string of the molecule is CN=C(NCCc1c(C)noc1C)NCC1(c2ccc(OC)c(OC)c2)CCCCC1.I. The lowest BCUT2D eigenvalue weighted by atomic mass is 9.69. The Balaban J connectivity index is 0.00000363. The summed E-state index contributed by atoms with van der Waals surface area (Å²) in [6, 6.07) is 6.34. The molecule has 1 fully saturated rings. The first-order valence-electron chi connectivity index (χ1n) is 11.1. The summed E-state index contributed by atoms with van der Waals surface area (Å²) >= 11 is 0. The van der Waals surface area contributed by atoms with E-state index in [9.17, 15) is 0 Å². The molecule has 0 amide bonds. The second kappa shape index (κ2) is 12.3. The highest BCUT2D eigenvalue weighted by molar-refractivity contribution is 14.0. The lowest BCUT2D eigenvalue weighted by Gasteiger charge is -2.38. The van der Waals surface area contributed by atoms with Gasteiger partial charge in [-0.1, -0.05) is 30.5 Å². The predicted molar refractivity (Wildman–Crippen MR) is 139 cm³/mol. The summed E-state index contributed by atoms with van der Waals surface area (Å²) in [7, 11) is 5.18. The molecule has 1 aliphatic carbocycles. The van der Waals surface area contributed by atoms with Crippen LogP contribution in [0.1, 0.15) is 54.7 Å². The molecule has 178 valence electrons. The van der Waals surface area contributed by atoms with Gasteiger partial charge in [-0.05, 0) is 50.8 Å². The molecular formula is C24H37IN4O3. The van der Waals surface area contributed by atoms with Crippen molar-refractivity contribution in [1.82, 2.24) is 15.8 Å². The molecule has 1 heterocycles. The number of aliphatic imine (C=N–C) groups is 1. The Morgan fingerprint density at radius 1 is 1.09 bits per heavy atom. The van der Waals surface area contributed by atoms with Crippen LogP contribution in [0.2, 0.25) is 0 Å². The number of benzene rings is 1. The van der Waals surface area contributed by atoms with Crippen LogP contribution in [-0.2, 0) is 11.8 Å². The molecule has 32 heavy (non-hydrogen) atoms. The highest BCUT2D eigenvalue weighted by Gasteiger charge is 2.34. The number of hydrogen-bond acceptors (Lipinski definition) is 5. The number of methoxy groups -OCH3 is 2. The van der Waals surface area contributed by atoms with E-state index in [4.69, 9.17) is 14.0 Å². The van der Waals surface area contributed by atoms with Crippen molar-refractivity contribution >= 4 is 29.9 Å². The third kappa shape index (κ3) is 6.08. The van der Waals surface area contributed by atoms with E-state index in [0.717, 1.165) is 66.8 Å². The quantitative estimate of drug-likeness (QED) is 0.283. The number of nitrogens with one attached hydrogen (secondary N) is 2. The third-order valence-electron chi connectivity index (χ3n) is 6.47. The maximum absolute atomic E-state index is 5.57. The zero-order chi connectivity index (χ0) is 22.3. The second-order valence-electron chi connectivity index (χ2n) is 8.32. The first-order chi connectivity index (χ1) is 15.0. The fourth-order valence-electron chi connectivity index (χ4n) is 4.60. The monoisotopic (exact) mass is 556 g/mol. The van der Waals surface area contributed by atoms with Gasteiger partial charge in [0.25, 0.3) is 0 Å². The summed E-state index contributed by atoms with van der Waals surface area (Å²) in [5, 5.41) is 11.1. The number of aryl methyl sites for hydroxylation is 2. The molecule has 2 N–H and O–H groups in total. The first kappa shape index (κ1) is 26.3. The molecule has 0 bridgehead atoms. The molecule has 0 spiro atoms. The van der Waals surface area contributed by atoms with Gasteiger partial charge in [-0.15, -0.1) is 24.0 Å². The van der Waals surface area contributed by atoms with Gasteiger partial charge >= 0.3 is 0 Å². The minimum Gasteiger partial charge on any atom is -0.493 e. The van der Waals surface area contributed by atoms with Gasteiger partial charge < -0.3 is 24.6 Å². The Bertz CT molecular complexity index is 872. The molecule has 3 rings (SSSR count). The van der Waals surface area contributed by atoms with Crippen molar-refractivity contribution in [3.05, 3.63) is 40.8 Å². The van der Waals surface area contributed by atoms with Crippen molar-refractivity contribution in [1.29, 1.82) is 0 Å². The molecule has 0 atom stereocenters. The molecule has 0 saturated heterocycles. The van der Waals surface area contributed by atoms with E-state index in [-0.39, 0.29) is 29.4 Å². The number of nitrogens with zero attached hydrogens (tertiary/aromatic N) is 2. The minimum atomic E-state index is 0. The van der Waals surface area contributed by atoms with Crippen molar-refractivity contribution in [2.24, 2.45) is 4.99 Å². The minimum absolute atomic E-state index is 0. The number of guanidine groups is 1. The number of ether oxygens (including phenoxy) is 2. The number of hydrogen-bond donors (Lipinski definition) is 2. The van der Waals surface area contributed by atoms with E-state index in [2.05, 4.69) is 32.9 Å². The van der Waals surface area contributed by atoms with Gasteiger partial charge in [-0.25, -0.2) is 0 Å². The molecule has 2 aromatic rings. The highest BCUT2D eigenvalue weighted by atomic mass is 127. The van der Waals surface area contributed by atoms with E-state index in [1.165, 1.54) is 24.8 Å². The maximum Gasteiger partial charge on any atom is 0.191 e. The van der Waals surface area contributed by atoms with Gasteiger partial charge in [0.05, 0.1) is 19.9 Å². The molecule has 1 saturated carbocycles. The van der Waals surface area contributed by atoms with E-state index in [0.29, 0.717) is 0 Å². The van der Waals surface area contributed by atoms with Gasteiger partial charge in [0.1, 0.15) is 5.76 Å². The largest absolute Gasteiger partial charge is 0.493 e. The Labute approximate surface area is 208 Å². The summed E-state index contributed by atoms with van der Waals surface area (Å²) in [6.07, 6.45) is 6.89. The van der Waals surface area contributed by atoms with Crippen molar-refractivity contribution in [2.75, 3.05) is 34.4 Å². The average Bonchev–Trinajstić information content (AvgIpc) is 3.13.